The second-order valence-corrected chi connectivity index (χ2v) is 22.3. The Kier molecular flexibility index (Phi) is 16.0. The number of aromatic nitrogens is 14. The Labute approximate surface area is 427 Å². The molecule has 0 fully saturated rings. The monoisotopic (exact) mass is 1060 g/mol. The van der Waals surface area contributed by atoms with Crippen LogP contribution >= 0.6 is 0 Å². The molecule has 8 rings (SSSR count). The van der Waals surface area contributed by atoms with Crippen LogP contribution in [0, 0.1) is 23.7 Å². The van der Waals surface area contributed by atoms with E-state index in [-0.39, 0.29) is 11.6 Å². The summed E-state index contributed by atoms with van der Waals surface area (Å²) in [5.41, 5.74) is 3.88. The first kappa shape index (κ1) is 53.8. The number of methoxy groups -OCH3 is 4. The third kappa shape index (κ3) is 11.0. The number of aromatic amines is 2. The number of aryl methyl sites for hydroxylation is 4. The molecular weight excluding hydrogens is 997 g/mol. The molecule has 0 aliphatic carbocycles. The molecule has 2 N–H and O–H groups in total. The Morgan fingerprint density at radius 3 is 1.18 bits per heavy atom. The van der Waals surface area contributed by atoms with Gasteiger partial charge in [-0.05, 0) is 64.1 Å². The van der Waals surface area contributed by atoms with E-state index in [0.29, 0.717) is 89.0 Å². The van der Waals surface area contributed by atoms with Crippen LogP contribution in [0.1, 0.15) is 74.0 Å². The van der Waals surface area contributed by atoms with Gasteiger partial charge in [-0.3, -0.25) is 18.5 Å². The summed E-state index contributed by atoms with van der Waals surface area (Å²) in [5.74, 6) is 0.706. The number of rotatable bonds is 18. The van der Waals surface area contributed by atoms with Crippen molar-refractivity contribution in [2.45, 2.75) is 75.4 Å². The summed E-state index contributed by atoms with van der Waals surface area (Å²) in [6.07, 6.45) is 9.36. The highest BCUT2D eigenvalue weighted by atomic mass is 32.2. The molecule has 0 saturated carbocycles. The van der Waals surface area contributed by atoms with Gasteiger partial charge in [-0.2, -0.15) is 10.2 Å². The first-order chi connectivity index (χ1) is 35.1. The molecule has 0 aliphatic rings. The minimum Gasteiger partial charge on any atom is -0.494 e. The molecule has 6 aromatic heterocycles. The molecule has 0 amide bonds. The van der Waals surface area contributed by atoms with Crippen LogP contribution in [0.2, 0.25) is 0 Å². The van der Waals surface area contributed by atoms with Crippen LogP contribution in [0.5, 0.6) is 23.0 Å². The third-order valence-corrected chi connectivity index (χ3v) is 17.2. The van der Waals surface area contributed by atoms with Crippen molar-refractivity contribution in [1.82, 2.24) is 59.1 Å². The molecule has 0 spiro atoms. The molecule has 0 aliphatic heterocycles. The minimum atomic E-state index is -3.82. The number of sulfone groups is 2. The molecule has 2 aromatic carbocycles. The van der Waals surface area contributed by atoms with Crippen molar-refractivity contribution in [1.29, 1.82) is 0 Å². The van der Waals surface area contributed by atoms with Crippen LogP contribution in [0.15, 0.2) is 85.7 Å². The average Bonchev–Trinajstić information content (AvgIpc) is 4.19. The summed E-state index contributed by atoms with van der Waals surface area (Å²) in [7, 11) is 1.96. The Bertz CT molecular complexity index is 3370. The quantitative estimate of drug-likeness (QED) is 0.110. The second-order valence-electron chi connectivity index (χ2n) is 17.6. The molecule has 8 aromatic rings. The topological polar surface area (TPSA) is 280 Å². The van der Waals surface area contributed by atoms with Gasteiger partial charge in [-0.1, -0.05) is 26.0 Å². The van der Waals surface area contributed by atoms with E-state index in [1.54, 1.807) is 147 Å². The fourth-order valence-electron chi connectivity index (χ4n) is 8.26. The van der Waals surface area contributed by atoms with E-state index in [9.17, 15) is 26.6 Å². The lowest BCUT2D eigenvalue weighted by Gasteiger charge is -2.19. The standard InChI is InChI=1S/2C24H30N7O5S/c2*1-15-13-30(32)19(12-25-15)16(2)17(3)37(33,34)14-22-26-27-24(18-10-11-29(4)28-18)31(22)23-20(35-5)8-7-9-21(23)36-6/h2*7-13,16-17H,14H2,1-6H3,(H,25,32)/q2*+1/t2*16-,17-/m10/s1. The van der Waals surface area contributed by atoms with Crippen molar-refractivity contribution >= 4 is 19.7 Å². The Morgan fingerprint density at radius 1 is 0.554 bits per heavy atom. The summed E-state index contributed by atoms with van der Waals surface area (Å²) < 4.78 is 84.8. The van der Waals surface area contributed by atoms with Crippen LogP contribution in [0.3, 0.4) is 0 Å². The first-order valence-electron chi connectivity index (χ1n) is 23.1. The predicted molar refractivity (Wildman–Crippen MR) is 272 cm³/mol. The Hall–Kier alpha value is -8.00. The van der Waals surface area contributed by atoms with Crippen molar-refractivity contribution < 1.29 is 44.6 Å². The molecule has 74 heavy (non-hydrogen) atoms. The molecule has 26 heteroatoms. The van der Waals surface area contributed by atoms with E-state index < -0.39 is 53.5 Å². The first-order valence-corrected chi connectivity index (χ1v) is 26.5. The third-order valence-electron chi connectivity index (χ3n) is 12.8. The van der Waals surface area contributed by atoms with Crippen molar-refractivity contribution in [3.8, 4) is 57.4 Å². The molecule has 0 bridgehead atoms. The number of nitrogens with zero attached hydrogens (tertiary/aromatic N) is 12. The summed E-state index contributed by atoms with van der Waals surface area (Å²) in [4.78, 5) is 30.9. The second kappa shape index (κ2) is 22.0. The molecular formula is C48H60N14O10S2+2. The Morgan fingerprint density at radius 2 is 0.892 bits per heavy atom. The van der Waals surface area contributed by atoms with Gasteiger partial charge in [-0.25, -0.2) is 16.8 Å². The van der Waals surface area contributed by atoms with Crippen LogP contribution in [0.4, 0.5) is 0 Å². The minimum absolute atomic E-state index is 0.160. The number of nitrogens with one attached hydrogen (secondary N) is 2. The number of H-pyrrole nitrogens is 2. The summed E-state index contributed by atoms with van der Waals surface area (Å²) in [6, 6.07) is 14.0. The normalized spacial score (nSPS) is 13.4. The van der Waals surface area contributed by atoms with Gasteiger partial charge >= 0.3 is 0 Å². The Balaban J connectivity index is 0.000000216. The lowest BCUT2D eigenvalue weighted by molar-refractivity contribution is -0.508. The van der Waals surface area contributed by atoms with E-state index in [4.69, 9.17) is 18.9 Å². The van der Waals surface area contributed by atoms with Crippen molar-refractivity contribution in [3.05, 3.63) is 130 Å². The summed E-state index contributed by atoms with van der Waals surface area (Å²) >= 11 is 0. The average molecular weight is 1060 g/mol. The van der Waals surface area contributed by atoms with E-state index in [2.05, 4.69) is 40.6 Å². The maximum atomic E-state index is 13.7. The molecule has 0 saturated heterocycles. The molecule has 24 nitrogen and oxygen atoms in total. The molecule has 6 heterocycles. The molecule has 0 radical (unpaired) electrons. The van der Waals surface area contributed by atoms with Crippen molar-refractivity contribution in [2.75, 3.05) is 28.4 Å². The molecule has 392 valence electrons. The maximum absolute atomic E-state index is 13.7. The molecule has 4 atom stereocenters. The highest BCUT2D eigenvalue weighted by Crippen LogP contribution is 2.39. The van der Waals surface area contributed by atoms with Crippen molar-refractivity contribution in [3.63, 3.8) is 0 Å². The number of para-hydroxylation sites is 2. The largest absolute Gasteiger partial charge is 0.494 e. The number of hydrogen-bond donors (Lipinski definition) is 2. The fourth-order valence-corrected chi connectivity index (χ4v) is 11.4. The zero-order valence-corrected chi connectivity index (χ0v) is 44.7. The predicted octanol–water partition coefficient (Wildman–Crippen LogP) is 4.69. The summed E-state index contributed by atoms with van der Waals surface area (Å²) in [5, 5.41) is 24.2. The van der Waals surface area contributed by atoms with Gasteiger partial charge in [0.25, 0.3) is 11.4 Å². The highest BCUT2D eigenvalue weighted by Gasteiger charge is 2.37. The number of ether oxygens (including phenoxy) is 4. The highest BCUT2D eigenvalue weighted by molar-refractivity contribution is 7.91. The zero-order valence-electron chi connectivity index (χ0n) is 43.1. The van der Waals surface area contributed by atoms with Gasteiger partial charge in [0.2, 0.25) is 12.4 Å². The summed E-state index contributed by atoms with van der Waals surface area (Å²) in [6.45, 7) is 10.1. The lowest BCUT2D eigenvalue weighted by atomic mass is 10.1. The van der Waals surface area contributed by atoms with E-state index in [1.807, 2.05) is 0 Å². The van der Waals surface area contributed by atoms with Gasteiger partial charge in [0.15, 0.2) is 43.0 Å². The molecule has 0 unspecified atom stereocenters. The number of benzene rings is 2. The van der Waals surface area contributed by atoms with E-state index in [1.165, 1.54) is 40.8 Å². The van der Waals surface area contributed by atoms with Gasteiger partial charge < -0.3 is 28.9 Å². The maximum Gasteiger partial charge on any atom is 0.259 e. The fraction of sp³-hybridized carbons (Fsp3) is 0.375. The van der Waals surface area contributed by atoms with Gasteiger partial charge in [0, 0.05) is 36.3 Å². The van der Waals surface area contributed by atoms with Gasteiger partial charge in [0.1, 0.15) is 57.3 Å². The SMILES string of the molecule is COc1cccc(OC)c1-n1c(CS(=O)(=O)[C@@H](C)[C@H](C)c2c[nH]c(C)c[n+]2=O)nnc1-c1ccn(C)n1.COc1cccc(OC)c1-n1c(CS(=O)(=O)[C@H](C)[C@@H](C)c2c[nH]c(C)c[n+]2=O)nnc1-c1ccn(C)n1. The smallest absolute Gasteiger partial charge is 0.259 e. The zero-order chi connectivity index (χ0) is 53.8. The van der Waals surface area contributed by atoms with Gasteiger partial charge in [-0.15, -0.1) is 20.4 Å². The van der Waals surface area contributed by atoms with Crippen LogP contribution in [-0.2, 0) is 45.3 Å². The lowest BCUT2D eigenvalue weighted by Crippen LogP contribution is -2.32. The van der Waals surface area contributed by atoms with E-state index >= 15 is 0 Å². The van der Waals surface area contributed by atoms with Crippen LogP contribution < -0.4 is 27.8 Å². The van der Waals surface area contributed by atoms with Crippen LogP contribution in [-0.4, -0.2) is 115 Å². The van der Waals surface area contributed by atoms with Gasteiger partial charge in [0.05, 0.1) is 83.4 Å². The van der Waals surface area contributed by atoms with E-state index in [0.717, 1.165) is 0 Å². The van der Waals surface area contributed by atoms with Crippen molar-refractivity contribution in [2.24, 2.45) is 14.1 Å². The van der Waals surface area contributed by atoms with Crippen LogP contribution in [0.25, 0.3) is 34.4 Å². The number of hydrogen-bond acceptors (Lipinski definition) is 16.